The van der Waals surface area contributed by atoms with E-state index in [2.05, 4.69) is 146 Å². The summed E-state index contributed by atoms with van der Waals surface area (Å²) in [4.78, 5) is 10.0. The predicted octanol–water partition coefficient (Wildman–Crippen LogP) is 13.0. The lowest BCUT2D eigenvalue weighted by atomic mass is 9.91. The molecular weight excluding hydrogens is 621 g/mol. The van der Waals surface area contributed by atoms with Gasteiger partial charge in [-0.25, -0.2) is 9.97 Å². The Kier molecular flexibility index (Phi) is 6.81. The summed E-state index contributed by atoms with van der Waals surface area (Å²) in [7, 11) is 0. The van der Waals surface area contributed by atoms with E-state index < -0.39 is 0 Å². The van der Waals surface area contributed by atoms with Gasteiger partial charge in [0.1, 0.15) is 11.2 Å². The van der Waals surface area contributed by atoms with Crippen molar-refractivity contribution in [2.75, 3.05) is 0 Å². The quantitative estimate of drug-likeness (QED) is 0.186. The highest BCUT2D eigenvalue weighted by Gasteiger charge is 2.19. The highest BCUT2D eigenvalue weighted by molar-refractivity contribution is 6.23. The first-order valence-electron chi connectivity index (χ1n) is 17.2. The van der Waals surface area contributed by atoms with E-state index in [0.29, 0.717) is 5.82 Å². The van der Waals surface area contributed by atoms with Crippen LogP contribution in [0.4, 0.5) is 0 Å². The Morgan fingerprint density at radius 2 is 0.922 bits per heavy atom. The van der Waals surface area contributed by atoms with Crippen molar-refractivity contribution in [3.05, 3.63) is 182 Å². The van der Waals surface area contributed by atoms with Crippen LogP contribution >= 0.6 is 0 Å². The summed E-state index contributed by atoms with van der Waals surface area (Å²) in [5.41, 5.74) is 11.3. The summed E-state index contributed by atoms with van der Waals surface area (Å²) in [6, 6.07) is 63.8. The van der Waals surface area contributed by atoms with Crippen molar-refractivity contribution < 1.29 is 4.42 Å². The van der Waals surface area contributed by atoms with Crippen LogP contribution in [0.25, 0.3) is 99.6 Å². The smallest absolute Gasteiger partial charge is 0.160 e. The van der Waals surface area contributed by atoms with Crippen LogP contribution in [0.15, 0.2) is 186 Å². The number of nitrogens with zero attached hydrogens (tertiary/aromatic N) is 2. The molecule has 2 aromatic heterocycles. The Bertz CT molecular complexity index is 2830. The van der Waals surface area contributed by atoms with E-state index in [1.165, 1.54) is 21.9 Å². The minimum absolute atomic E-state index is 0.710. The van der Waals surface area contributed by atoms with Crippen LogP contribution in [0.5, 0.6) is 0 Å². The first kappa shape index (κ1) is 29.1. The van der Waals surface area contributed by atoms with E-state index in [1.807, 2.05) is 36.4 Å². The van der Waals surface area contributed by atoms with E-state index >= 15 is 0 Å². The number of benzene rings is 8. The Hall–Kier alpha value is -6.84. The number of fused-ring (bicyclic) bond motifs is 6. The van der Waals surface area contributed by atoms with Crippen molar-refractivity contribution in [3.8, 4) is 56.2 Å². The third-order valence-corrected chi connectivity index (χ3v) is 9.90. The number of hydrogen-bond donors (Lipinski definition) is 0. The Morgan fingerprint density at radius 3 is 1.69 bits per heavy atom. The highest BCUT2D eigenvalue weighted by Crippen LogP contribution is 2.44. The largest absolute Gasteiger partial charge is 0.455 e. The van der Waals surface area contributed by atoms with Gasteiger partial charge < -0.3 is 4.42 Å². The first-order chi connectivity index (χ1) is 25.3. The van der Waals surface area contributed by atoms with Crippen molar-refractivity contribution in [3.63, 3.8) is 0 Å². The van der Waals surface area contributed by atoms with Gasteiger partial charge in [-0.3, -0.25) is 0 Å². The molecule has 0 fully saturated rings. The molecule has 51 heavy (non-hydrogen) atoms. The van der Waals surface area contributed by atoms with Gasteiger partial charge in [-0.15, -0.1) is 0 Å². The number of hydrogen-bond acceptors (Lipinski definition) is 3. The molecule has 3 nitrogen and oxygen atoms in total. The maximum absolute atomic E-state index is 6.69. The minimum atomic E-state index is 0.710. The summed E-state index contributed by atoms with van der Waals surface area (Å²) in [5.74, 6) is 0.710. The molecule has 10 rings (SSSR count). The van der Waals surface area contributed by atoms with Crippen LogP contribution in [0.3, 0.4) is 0 Å². The molecule has 0 spiro atoms. The van der Waals surface area contributed by atoms with Crippen molar-refractivity contribution in [2.24, 2.45) is 0 Å². The molecule has 0 N–H and O–H groups in total. The molecule has 0 saturated carbocycles. The monoisotopic (exact) mass is 650 g/mol. The van der Waals surface area contributed by atoms with Crippen molar-refractivity contribution in [1.29, 1.82) is 0 Å². The predicted molar refractivity (Wildman–Crippen MR) is 212 cm³/mol. The Morgan fingerprint density at radius 1 is 0.353 bits per heavy atom. The Labute approximate surface area is 295 Å². The van der Waals surface area contributed by atoms with Crippen molar-refractivity contribution in [2.45, 2.75) is 0 Å². The number of rotatable bonds is 5. The van der Waals surface area contributed by atoms with Crippen LogP contribution in [-0.4, -0.2) is 9.97 Å². The first-order valence-corrected chi connectivity index (χ1v) is 17.2. The van der Waals surface area contributed by atoms with E-state index in [-0.39, 0.29) is 0 Å². The Balaban J connectivity index is 1.14. The normalized spacial score (nSPS) is 11.5. The molecule has 0 aliphatic rings. The van der Waals surface area contributed by atoms with Crippen LogP contribution < -0.4 is 0 Å². The maximum atomic E-state index is 6.69. The van der Waals surface area contributed by atoms with Gasteiger partial charge >= 0.3 is 0 Å². The minimum Gasteiger partial charge on any atom is -0.455 e. The molecule has 0 aliphatic carbocycles. The SMILES string of the molecule is c1ccc(-c2cc(-c3ccc(-c4cc5c(oc6cccc(-c7cccc8ccccc78)c65)c5ccccc45)cc3)nc(-c3ccccc3)n2)cc1. The fourth-order valence-corrected chi connectivity index (χ4v) is 7.46. The third-order valence-electron chi connectivity index (χ3n) is 9.90. The second-order valence-electron chi connectivity index (χ2n) is 12.9. The van der Waals surface area contributed by atoms with Gasteiger partial charge in [0, 0.05) is 32.8 Å². The van der Waals surface area contributed by atoms with Gasteiger partial charge in [0.05, 0.1) is 11.4 Å². The van der Waals surface area contributed by atoms with Gasteiger partial charge in [0.15, 0.2) is 5.82 Å². The number of aromatic nitrogens is 2. The summed E-state index contributed by atoms with van der Waals surface area (Å²) >= 11 is 0. The number of furan rings is 1. The van der Waals surface area contributed by atoms with Crippen molar-refractivity contribution in [1.82, 2.24) is 9.97 Å². The molecule has 8 aromatic carbocycles. The summed E-state index contributed by atoms with van der Waals surface area (Å²) < 4.78 is 6.69. The van der Waals surface area contributed by atoms with Crippen LogP contribution in [-0.2, 0) is 0 Å². The zero-order valence-electron chi connectivity index (χ0n) is 27.6. The molecule has 0 saturated heterocycles. The van der Waals surface area contributed by atoms with E-state index in [4.69, 9.17) is 14.4 Å². The average molecular weight is 651 g/mol. The summed E-state index contributed by atoms with van der Waals surface area (Å²) in [6.45, 7) is 0. The van der Waals surface area contributed by atoms with Gasteiger partial charge in [-0.1, -0.05) is 164 Å². The summed E-state index contributed by atoms with van der Waals surface area (Å²) in [5, 5.41) is 6.96. The third kappa shape index (κ3) is 4.98. The van der Waals surface area contributed by atoms with Gasteiger partial charge in [0.25, 0.3) is 0 Å². The average Bonchev–Trinajstić information content (AvgIpc) is 3.60. The molecule has 0 atom stereocenters. The fourth-order valence-electron chi connectivity index (χ4n) is 7.46. The molecule has 0 aliphatic heterocycles. The highest BCUT2D eigenvalue weighted by atomic mass is 16.3. The molecule has 10 aromatic rings. The summed E-state index contributed by atoms with van der Waals surface area (Å²) in [6.07, 6.45) is 0. The molecule has 0 bridgehead atoms. The lowest BCUT2D eigenvalue weighted by molar-refractivity contribution is 0.673. The standard InChI is InChI=1S/C48H30N2O/c1-3-14-33(15-4-1)43-30-44(50-48(49-43)35-16-5-2-6-17-35)34-27-25-32(26-28-34)41-29-42-46-39(37-22-11-18-31-13-7-8-19-36(31)37)23-12-24-45(46)51-47(42)40-21-10-9-20-38(40)41/h1-30H. The second kappa shape index (κ2) is 11.9. The second-order valence-corrected chi connectivity index (χ2v) is 12.9. The molecular formula is C48H30N2O. The fraction of sp³-hybridized carbons (Fsp3) is 0. The lowest BCUT2D eigenvalue weighted by Crippen LogP contribution is -1.95. The zero-order valence-corrected chi connectivity index (χ0v) is 27.6. The molecule has 3 heteroatoms. The van der Waals surface area contributed by atoms with Crippen molar-refractivity contribution >= 4 is 43.5 Å². The molecule has 2 heterocycles. The van der Waals surface area contributed by atoms with Gasteiger partial charge in [-0.2, -0.15) is 0 Å². The van der Waals surface area contributed by atoms with E-state index in [0.717, 1.165) is 71.9 Å². The maximum Gasteiger partial charge on any atom is 0.160 e. The van der Waals surface area contributed by atoms with Crippen LogP contribution in [0.2, 0.25) is 0 Å². The molecule has 0 amide bonds. The molecule has 0 radical (unpaired) electrons. The van der Waals surface area contributed by atoms with Gasteiger partial charge in [-0.05, 0) is 56.6 Å². The zero-order chi connectivity index (χ0) is 33.7. The van der Waals surface area contributed by atoms with Gasteiger partial charge in [0.2, 0.25) is 0 Å². The lowest BCUT2D eigenvalue weighted by Gasteiger charge is -2.12. The topological polar surface area (TPSA) is 38.9 Å². The van der Waals surface area contributed by atoms with E-state index in [9.17, 15) is 0 Å². The van der Waals surface area contributed by atoms with Crippen LogP contribution in [0.1, 0.15) is 0 Å². The van der Waals surface area contributed by atoms with E-state index in [1.54, 1.807) is 0 Å². The molecule has 0 unspecified atom stereocenters. The molecule has 238 valence electrons. The van der Waals surface area contributed by atoms with Crippen LogP contribution in [0, 0.1) is 0 Å².